The second kappa shape index (κ2) is 6.46. The lowest BCUT2D eigenvalue weighted by Gasteiger charge is -2.18. The number of carbonyl (C=O) groups is 1. The van der Waals surface area contributed by atoms with Crippen LogP contribution in [0.5, 0.6) is 17.2 Å². The van der Waals surface area contributed by atoms with Gasteiger partial charge < -0.3 is 14.2 Å². The number of hydrogen-bond donors (Lipinski definition) is 0. The zero-order valence-electron chi connectivity index (χ0n) is 11.5. The number of benzene rings is 2. The summed E-state index contributed by atoms with van der Waals surface area (Å²) in [7, 11) is 0. The van der Waals surface area contributed by atoms with E-state index in [2.05, 4.69) is 0 Å². The van der Waals surface area contributed by atoms with Crippen molar-refractivity contribution >= 4 is 29.0 Å². The van der Waals surface area contributed by atoms with Gasteiger partial charge in [0.05, 0.1) is 5.02 Å². The molecule has 4 nitrogen and oxygen atoms in total. The van der Waals surface area contributed by atoms with E-state index in [1.54, 1.807) is 36.4 Å². The summed E-state index contributed by atoms with van der Waals surface area (Å²) in [5.74, 6) is 1.45. The van der Waals surface area contributed by atoms with Crippen LogP contribution < -0.4 is 14.2 Å². The molecule has 0 fully saturated rings. The van der Waals surface area contributed by atoms with Crippen LogP contribution in [0.2, 0.25) is 10.0 Å². The fourth-order valence-electron chi connectivity index (χ4n) is 2.04. The van der Waals surface area contributed by atoms with E-state index in [4.69, 9.17) is 37.4 Å². The van der Waals surface area contributed by atoms with Crippen molar-refractivity contribution < 1.29 is 19.0 Å². The van der Waals surface area contributed by atoms with E-state index in [1.165, 1.54) is 0 Å². The number of rotatable bonds is 4. The van der Waals surface area contributed by atoms with Crippen molar-refractivity contribution in [3.8, 4) is 17.2 Å². The Balaban J connectivity index is 1.69. The summed E-state index contributed by atoms with van der Waals surface area (Å²) in [5, 5.41) is 0.873. The monoisotopic (exact) mass is 338 g/mol. The average molecular weight is 339 g/mol. The van der Waals surface area contributed by atoms with Crippen LogP contribution in [0.15, 0.2) is 36.4 Å². The Bertz CT molecular complexity index is 715. The van der Waals surface area contributed by atoms with Crippen molar-refractivity contribution in [3.05, 3.63) is 52.0 Å². The molecule has 0 spiro atoms. The maximum atomic E-state index is 12.2. The van der Waals surface area contributed by atoms with Crippen LogP contribution in [-0.2, 0) is 0 Å². The largest absolute Gasteiger partial charge is 0.486 e. The lowest BCUT2D eigenvalue weighted by atomic mass is 10.1. The zero-order chi connectivity index (χ0) is 15.5. The number of ketones is 1. The summed E-state index contributed by atoms with van der Waals surface area (Å²) in [4.78, 5) is 12.2. The summed E-state index contributed by atoms with van der Waals surface area (Å²) in [6.45, 7) is 0.862. The van der Waals surface area contributed by atoms with Gasteiger partial charge in [0.1, 0.15) is 19.0 Å². The molecule has 22 heavy (non-hydrogen) atoms. The first-order chi connectivity index (χ1) is 10.6. The first kappa shape index (κ1) is 15.0. The van der Waals surface area contributed by atoms with Crippen LogP contribution in [0, 0.1) is 0 Å². The lowest BCUT2D eigenvalue weighted by molar-refractivity contribution is 0.0920. The van der Waals surface area contributed by atoms with E-state index in [0.717, 1.165) is 0 Å². The van der Waals surface area contributed by atoms with E-state index in [-0.39, 0.29) is 12.4 Å². The molecule has 0 aromatic heterocycles. The molecule has 0 bridgehead atoms. The standard InChI is InChI=1S/C16H12Cl2O4/c17-11-2-4-14(12(18)8-11)22-9-13(19)10-1-3-15-16(7-10)21-6-5-20-15/h1-4,7-8H,5-6,9H2. The average Bonchev–Trinajstić information content (AvgIpc) is 2.53. The van der Waals surface area contributed by atoms with Crippen LogP contribution in [0.25, 0.3) is 0 Å². The smallest absolute Gasteiger partial charge is 0.200 e. The van der Waals surface area contributed by atoms with Gasteiger partial charge in [-0.05, 0) is 36.4 Å². The Morgan fingerprint density at radius 3 is 2.59 bits per heavy atom. The number of Topliss-reactive ketones (excluding diaryl/α,β-unsaturated/α-hetero) is 1. The summed E-state index contributed by atoms with van der Waals surface area (Å²) >= 11 is 11.8. The summed E-state index contributed by atoms with van der Waals surface area (Å²) in [6.07, 6.45) is 0. The lowest BCUT2D eigenvalue weighted by Crippen LogP contribution is -2.17. The molecule has 114 valence electrons. The van der Waals surface area contributed by atoms with Gasteiger partial charge in [-0.1, -0.05) is 23.2 Å². The Kier molecular flexibility index (Phi) is 4.41. The normalized spacial score (nSPS) is 12.8. The molecule has 0 amide bonds. The van der Waals surface area contributed by atoms with Crippen LogP contribution in [0.4, 0.5) is 0 Å². The molecular weight excluding hydrogens is 327 g/mol. The fourth-order valence-corrected chi connectivity index (χ4v) is 2.50. The van der Waals surface area contributed by atoms with Crippen molar-refractivity contribution in [3.63, 3.8) is 0 Å². The van der Waals surface area contributed by atoms with Gasteiger partial charge in [-0.3, -0.25) is 4.79 Å². The van der Waals surface area contributed by atoms with Gasteiger partial charge in [0, 0.05) is 10.6 Å². The fraction of sp³-hybridized carbons (Fsp3) is 0.188. The molecule has 3 rings (SSSR count). The number of halogens is 2. The third-order valence-corrected chi connectivity index (χ3v) is 3.65. The highest BCUT2D eigenvalue weighted by molar-refractivity contribution is 6.35. The number of fused-ring (bicyclic) bond motifs is 1. The van der Waals surface area contributed by atoms with Gasteiger partial charge >= 0.3 is 0 Å². The molecule has 0 saturated heterocycles. The van der Waals surface area contributed by atoms with E-state index in [0.29, 0.717) is 46.1 Å². The molecule has 1 aliphatic heterocycles. The number of carbonyl (C=O) groups excluding carboxylic acids is 1. The van der Waals surface area contributed by atoms with E-state index in [9.17, 15) is 4.79 Å². The highest BCUT2D eigenvalue weighted by Gasteiger charge is 2.15. The molecular formula is C16H12Cl2O4. The molecule has 2 aromatic carbocycles. The molecule has 0 aliphatic carbocycles. The first-order valence-electron chi connectivity index (χ1n) is 6.64. The Morgan fingerprint density at radius 2 is 1.82 bits per heavy atom. The van der Waals surface area contributed by atoms with Crippen molar-refractivity contribution in [2.75, 3.05) is 19.8 Å². The minimum absolute atomic E-state index is 0.124. The maximum absolute atomic E-state index is 12.2. The predicted octanol–water partition coefficient (Wildman–Crippen LogP) is 4.03. The van der Waals surface area contributed by atoms with Crippen molar-refractivity contribution in [1.29, 1.82) is 0 Å². The topological polar surface area (TPSA) is 44.8 Å². The van der Waals surface area contributed by atoms with Gasteiger partial charge in [-0.15, -0.1) is 0 Å². The van der Waals surface area contributed by atoms with Crippen molar-refractivity contribution in [1.82, 2.24) is 0 Å². The van der Waals surface area contributed by atoms with Crippen molar-refractivity contribution in [2.45, 2.75) is 0 Å². The van der Waals surface area contributed by atoms with E-state index >= 15 is 0 Å². The SMILES string of the molecule is O=C(COc1ccc(Cl)cc1Cl)c1ccc2c(c1)OCCO2. The highest BCUT2D eigenvalue weighted by Crippen LogP contribution is 2.31. The van der Waals surface area contributed by atoms with Crippen LogP contribution in [0.3, 0.4) is 0 Å². The third-order valence-electron chi connectivity index (χ3n) is 3.12. The van der Waals surface area contributed by atoms with Crippen molar-refractivity contribution in [2.24, 2.45) is 0 Å². The van der Waals surface area contributed by atoms with Gasteiger partial charge in [-0.25, -0.2) is 0 Å². The Labute approximate surface area is 137 Å². The molecule has 0 N–H and O–H groups in total. The Hall–Kier alpha value is -1.91. The third kappa shape index (κ3) is 3.29. The van der Waals surface area contributed by atoms with Crippen LogP contribution in [0.1, 0.15) is 10.4 Å². The minimum atomic E-state index is -0.178. The second-order valence-electron chi connectivity index (χ2n) is 4.65. The Morgan fingerprint density at radius 1 is 1.05 bits per heavy atom. The molecule has 0 radical (unpaired) electrons. The zero-order valence-corrected chi connectivity index (χ0v) is 13.0. The number of ether oxygens (including phenoxy) is 3. The van der Waals surface area contributed by atoms with Crippen LogP contribution in [-0.4, -0.2) is 25.6 Å². The van der Waals surface area contributed by atoms with Gasteiger partial charge in [0.15, 0.2) is 23.9 Å². The maximum Gasteiger partial charge on any atom is 0.200 e. The molecule has 1 aliphatic rings. The molecule has 0 atom stereocenters. The van der Waals surface area contributed by atoms with Gasteiger partial charge in [-0.2, -0.15) is 0 Å². The minimum Gasteiger partial charge on any atom is -0.486 e. The quantitative estimate of drug-likeness (QED) is 0.789. The van der Waals surface area contributed by atoms with E-state index < -0.39 is 0 Å². The summed E-state index contributed by atoms with van der Waals surface area (Å²) < 4.78 is 16.3. The molecule has 0 saturated carbocycles. The van der Waals surface area contributed by atoms with E-state index in [1.807, 2.05) is 0 Å². The molecule has 6 heteroatoms. The summed E-state index contributed by atoms with van der Waals surface area (Å²) in [5.41, 5.74) is 0.495. The van der Waals surface area contributed by atoms with Crippen LogP contribution >= 0.6 is 23.2 Å². The van der Waals surface area contributed by atoms with Gasteiger partial charge in [0.2, 0.25) is 0 Å². The molecule has 0 unspecified atom stereocenters. The summed E-state index contributed by atoms with van der Waals surface area (Å²) in [6, 6.07) is 9.90. The highest BCUT2D eigenvalue weighted by atomic mass is 35.5. The van der Waals surface area contributed by atoms with Gasteiger partial charge in [0.25, 0.3) is 0 Å². The first-order valence-corrected chi connectivity index (χ1v) is 7.40. The number of hydrogen-bond acceptors (Lipinski definition) is 4. The molecule has 1 heterocycles. The predicted molar refractivity (Wildman–Crippen MR) is 83.7 cm³/mol. The second-order valence-corrected chi connectivity index (χ2v) is 5.49. The molecule has 2 aromatic rings.